The number of aryl methyl sites for hydroxylation is 1. The Kier molecular flexibility index (Phi) is 8.86. The summed E-state index contributed by atoms with van der Waals surface area (Å²) < 4.78 is 16.4. The SMILES string of the molecule is COc1cc(/C=N\NC(=O)COc2cc(C(C)C)ccc2C)ccc1OC(=O)c1ccc(Cl)cc1. The maximum atomic E-state index is 12.4. The molecule has 0 atom stereocenters. The second-order valence-corrected chi connectivity index (χ2v) is 8.50. The van der Waals surface area contributed by atoms with E-state index in [2.05, 4.69) is 30.4 Å². The van der Waals surface area contributed by atoms with Crippen molar-refractivity contribution in [2.75, 3.05) is 13.7 Å². The van der Waals surface area contributed by atoms with Gasteiger partial charge in [0.25, 0.3) is 5.91 Å². The fraction of sp³-hybridized carbons (Fsp3) is 0.222. The number of amides is 1. The lowest BCUT2D eigenvalue weighted by Gasteiger charge is -2.12. The normalized spacial score (nSPS) is 10.9. The summed E-state index contributed by atoms with van der Waals surface area (Å²) in [6.07, 6.45) is 1.45. The highest BCUT2D eigenvalue weighted by molar-refractivity contribution is 6.30. The number of hydrogen-bond acceptors (Lipinski definition) is 6. The third-order valence-electron chi connectivity index (χ3n) is 5.11. The molecular weight excluding hydrogens is 468 g/mol. The number of benzene rings is 3. The van der Waals surface area contributed by atoms with Crippen LogP contribution in [-0.2, 0) is 4.79 Å². The van der Waals surface area contributed by atoms with Crippen molar-refractivity contribution in [3.8, 4) is 17.2 Å². The van der Waals surface area contributed by atoms with Crippen LogP contribution in [0.25, 0.3) is 0 Å². The molecule has 8 heteroatoms. The smallest absolute Gasteiger partial charge is 0.343 e. The Morgan fingerprint density at radius 3 is 2.43 bits per heavy atom. The zero-order chi connectivity index (χ0) is 25.4. The van der Waals surface area contributed by atoms with Gasteiger partial charge in [-0.05, 0) is 78.1 Å². The molecule has 35 heavy (non-hydrogen) atoms. The summed E-state index contributed by atoms with van der Waals surface area (Å²) in [6, 6.07) is 17.3. The number of halogens is 1. The van der Waals surface area contributed by atoms with Crippen LogP contribution in [0.4, 0.5) is 0 Å². The number of hydrazone groups is 1. The molecule has 0 saturated heterocycles. The molecule has 0 bridgehead atoms. The fourth-order valence-electron chi connectivity index (χ4n) is 3.08. The number of rotatable bonds is 9. The minimum atomic E-state index is -0.539. The number of carbonyl (C=O) groups excluding carboxylic acids is 2. The molecule has 0 heterocycles. The van der Waals surface area contributed by atoms with Gasteiger partial charge in [-0.25, -0.2) is 10.2 Å². The molecule has 0 saturated carbocycles. The molecule has 3 aromatic rings. The molecule has 0 aliphatic rings. The van der Waals surface area contributed by atoms with Crippen molar-refractivity contribution in [1.29, 1.82) is 0 Å². The first-order valence-corrected chi connectivity index (χ1v) is 11.4. The Labute approximate surface area is 209 Å². The van der Waals surface area contributed by atoms with Crippen LogP contribution in [0.1, 0.15) is 46.8 Å². The summed E-state index contributed by atoms with van der Waals surface area (Å²) in [5.41, 5.74) is 5.52. The largest absolute Gasteiger partial charge is 0.493 e. The Morgan fingerprint density at radius 2 is 1.74 bits per heavy atom. The first-order chi connectivity index (χ1) is 16.8. The molecule has 1 N–H and O–H groups in total. The van der Waals surface area contributed by atoms with E-state index in [-0.39, 0.29) is 12.4 Å². The number of hydrogen-bond donors (Lipinski definition) is 1. The van der Waals surface area contributed by atoms with Crippen molar-refractivity contribution < 1.29 is 23.8 Å². The van der Waals surface area contributed by atoms with Gasteiger partial charge in [-0.3, -0.25) is 4.79 Å². The molecular formula is C27H27ClN2O5. The highest BCUT2D eigenvalue weighted by Gasteiger charge is 2.13. The second kappa shape index (κ2) is 12.0. The highest BCUT2D eigenvalue weighted by atomic mass is 35.5. The van der Waals surface area contributed by atoms with Crippen LogP contribution in [0.3, 0.4) is 0 Å². The summed E-state index contributed by atoms with van der Waals surface area (Å²) >= 11 is 5.85. The molecule has 3 rings (SSSR count). The van der Waals surface area contributed by atoms with Crippen LogP contribution in [0.15, 0.2) is 65.8 Å². The van der Waals surface area contributed by atoms with Gasteiger partial charge in [0.2, 0.25) is 0 Å². The van der Waals surface area contributed by atoms with Crippen molar-refractivity contribution in [1.82, 2.24) is 5.43 Å². The van der Waals surface area contributed by atoms with E-state index in [9.17, 15) is 9.59 Å². The number of nitrogens with zero attached hydrogens (tertiary/aromatic N) is 1. The molecule has 0 radical (unpaired) electrons. The molecule has 1 amide bonds. The number of esters is 1. The van der Waals surface area contributed by atoms with E-state index in [0.29, 0.717) is 33.6 Å². The second-order valence-electron chi connectivity index (χ2n) is 8.07. The van der Waals surface area contributed by atoms with Crippen molar-refractivity contribution >= 4 is 29.7 Å². The van der Waals surface area contributed by atoms with E-state index in [1.54, 1.807) is 42.5 Å². The molecule has 0 spiro atoms. The lowest BCUT2D eigenvalue weighted by Crippen LogP contribution is -2.24. The van der Waals surface area contributed by atoms with E-state index >= 15 is 0 Å². The Balaban J connectivity index is 1.57. The maximum absolute atomic E-state index is 12.4. The van der Waals surface area contributed by atoms with Gasteiger partial charge in [-0.15, -0.1) is 0 Å². The lowest BCUT2D eigenvalue weighted by molar-refractivity contribution is -0.123. The van der Waals surface area contributed by atoms with Gasteiger partial charge >= 0.3 is 5.97 Å². The maximum Gasteiger partial charge on any atom is 0.343 e. The van der Waals surface area contributed by atoms with Crippen LogP contribution in [0.5, 0.6) is 17.2 Å². The number of methoxy groups -OCH3 is 1. The molecule has 7 nitrogen and oxygen atoms in total. The topological polar surface area (TPSA) is 86.2 Å². The molecule has 0 aliphatic carbocycles. The van der Waals surface area contributed by atoms with Gasteiger partial charge in [0.1, 0.15) is 5.75 Å². The standard InChI is InChI=1S/C27H27ClN2O5/c1-17(2)21-7-5-18(3)24(14-21)34-16-26(31)30-29-15-19-6-12-23(25(13-19)33-4)35-27(32)20-8-10-22(28)11-9-20/h5-15,17H,16H2,1-4H3,(H,30,31)/b29-15-. The number of ether oxygens (including phenoxy) is 3. The minimum Gasteiger partial charge on any atom is -0.493 e. The quantitative estimate of drug-likeness (QED) is 0.183. The van der Waals surface area contributed by atoms with Crippen molar-refractivity contribution in [2.24, 2.45) is 5.10 Å². The van der Waals surface area contributed by atoms with Gasteiger partial charge in [-0.2, -0.15) is 5.10 Å². The predicted octanol–water partition coefficient (Wildman–Crippen LogP) is 5.53. The molecule has 0 fully saturated rings. The summed E-state index contributed by atoms with van der Waals surface area (Å²) in [4.78, 5) is 24.5. The first-order valence-electron chi connectivity index (χ1n) is 11.0. The van der Waals surface area contributed by atoms with E-state index in [4.69, 9.17) is 25.8 Å². The first kappa shape index (κ1) is 25.8. The van der Waals surface area contributed by atoms with Crippen LogP contribution >= 0.6 is 11.6 Å². The lowest BCUT2D eigenvalue weighted by atomic mass is 10.0. The zero-order valence-electron chi connectivity index (χ0n) is 20.0. The fourth-order valence-corrected chi connectivity index (χ4v) is 3.21. The summed E-state index contributed by atoms with van der Waals surface area (Å²) in [5, 5.41) is 4.49. The van der Waals surface area contributed by atoms with Gasteiger partial charge in [-0.1, -0.05) is 37.6 Å². The molecule has 0 aromatic heterocycles. The van der Waals surface area contributed by atoms with Crippen LogP contribution in [0.2, 0.25) is 5.02 Å². The monoisotopic (exact) mass is 494 g/mol. The number of carbonyl (C=O) groups is 2. The average Bonchev–Trinajstić information content (AvgIpc) is 2.84. The Morgan fingerprint density at radius 1 is 1.00 bits per heavy atom. The van der Waals surface area contributed by atoms with Gasteiger partial charge in [0.05, 0.1) is 18.9 Å². The molecule has 3 aromatic carbocycles. The van der Waals surface area contributed by atoms with Gasteiger partial charge < -0.3 is 14.2 Å². The van der Waals surface area contributed by atoms with E-state index in [1.807, 2.05) is 19.1 Å². The van der Waals surface area contributed by atoms with Crippen molar-refractivity contribution in [2.45, 2.75) is 26.7 Å². The predicted molar refractivity (Wildman–Crippen MR) is 136 cm³/mol. The van der Waals surface area contributed by atoms with Gasteiger partial charge in [0.15, 0.2) is 18.1 Å². The van der Waals surface area contributed by atoms with E-state index in [0.717, 1.165) is 11.1 Å². The van der Waals surface area contributed by atoms with Crippen molar-refractivity contribution in [3.05, 3.63) is 87.9 Å². The molecule has 182 valence electrons. The zero-order valence-corrected chi connectivity index (χ0v) is 20.8. The van der Waals surface area contributed by atoms with Crippen LogP contribution in [0, 0.1) is 6.92 Å². The summed E-state index contributed by atoms with van der Waals surface area (Å²) in [7, 11) is 1.46. The molecule has 0 unspecified atom stereocenters. The third-order valence-corrected chi connectivity index (χ3v) is 5.36. The molecule has 0 aliphatic heterocycles. The average molecular weight is 495 g/mol. The third kappa shape index (κ3) is 7.32. The summed E-state index contributed by atoms with van der Waals surface area (Å²) in [5.74, 6) is 0.691. The highest BCUT2D eigenvalue weighted by Crippen LogP contribution is 2.28. The van der Waals surface area contributed by atoms with Crippen LogP contribution in [-0.4, -0.2) is 31.8 Å². The number of nitrogens with one attached hydrogen (secondary N) is 1. The Bertz CT molecular complexity index is 1220. The van der Waals surface area contributed by atoms with E-state index in [1.165, 1.54) is 13.3 Å². The van der Waals surface area contributed by atoms with Gasteiger partial charge in [0, 0.05) is 5.02 Å². The Hall–Kier alpha value is -3.84. The van der Waals surface area contributed by atoms with Crippen LogP contribution < -0.4 is 19.6 Å². The van der Waals surface area contributed by atoms with E-state index < -0.39 is 11.9 Å². The van der Waals surface area contributed by atoms with Crippen molar-refractivity contribution in [3.63, 3.8) is 0 Å². The summed E-state index contributed by atoms with van der Waals surface area (Å²) in [6.45, 7) is 5.96. The minimum absolute atomic E-state index is 0.164.